The predicted octanol–water partition coefficient (Wildman–Crippen LogP) is 0.859. The average Bonchev–Trinajstić information content (AvgIpc) is 2.76. The summed E-state index contributed by atoms with van der Waals surface area (Å²) in [7, 11) is 2.33. The van der Waals surface area contributed by atoms with Gasteiger partial charge in [0.25, 0.3) is 0 Å². The summed E-state index contributed by atoms with van der Waals surface area (Å²) in [5.41, 5.74) is 2.07. The molecule has 0 aliphatic heterocycles. The molecule has 0 spiro atoms. The van der Waals surface area contributed by atoms with E-state index in [0.29, 0.717) is 16.9 Å². The average molecular weight is 467 g/mol. The third-order valence-electron chi connectivity index (χ3n) is 4.23. The number of amides is 3. The van der Waals surface area contributed by atoms with Crippen LogP contribution in [0.3, 0.4) is 0 Å². The van der Waals surface area contributed by atoms with Gasteiger partial charge in [0.2, 0.25) is 5.91 Å². The fourth-order valence-electron chi connectivity index (χ4n) is 2.76. The van der Waals surface area contributed by atoms with Crippen LogP contribution in [0.25, 0.3) is 0 Å². The number of alkyl carbamates (subject to hydrolysis) is 2. The van der Waals surface area contributed by atoms with Crippen LogP contribution in [0, 0.1) is 13.8 Å². The second-order valence-corrected chi connectivity index (χ2v) is 7.00. The van der Waals surface area contributed by atoms with Crippen LogP contribution in [0.15, 0.2) is 12.1 Å². The summed E-state index contributed by atoms with van der Waals surface area (Å²) in [5.74, 6) is -1.33. The first kappa shape index (κ1) is 27.2. The maximum atomic E-state index is 12.2. The molecule has 12 nitrogen and oxygen atoms in total. The first-order valence-corrected chi connectivity index (χ1v) is 9.92. The summed E-state index contributed by atoms with van der Waals surface area (Å²) in [4.78, 5) is 58.1. The molecule has 0 aliphatic rings. The summed E-state index contributed by atoms with van der Waals surface area (Å²) < 4.78 is 19.3. The van der Waals surface area contributed by atoms with Crippen LogP contribution in [-0.2, 0) is 35.2 Å². The molecule has 3 N–H and O–H groups in total. The van der Waals surface area contributed by atoms with Crippen LogP contribution in [-0.4, -0.2) is 63.4 Å². The van der Waals surface area contributed by atoms with Crippen LogP contribution in [0.5, 0.6) is 5.75 Å². The number of carbonyl (C=O) groups excluding carboxylic acids is 5. The Morgan fingerprint density at radius 3 is 2.09 bits per heavy atom. The zero-order valence-electron chi connectivity index (χ0n) is 19.2. The van der Waals surface area contributed by atoms with Gasteiger partial charge in [0.1, 0.15) is 18.9 Å². The summed E-state index contributed by atoms with van der Waals surface area (Å²) in [6.45, 7) is 4.38. The number of aryl methyl sites for hydroxylation is 2. The number of methoxy groups -OCH3 is 2. The Morgan fingerprint density at radius 1 is 0.939 bits per heavy atom. The van der Waals surface area contributed by atoms with Crippen molar-refractivity contribution in [3.05, 3.63) is 28.8 Å². The SMILES string of the molecule is COC(=O)NCC(CC(=O)NCC(=O)Oc1c(C)cc(COC(C)=O)cc1C)NC(=O)OC. The Bertz CT molecular complexity index is 863. The van der Waals surface area contributed by atoms with Crippen LogP contribution < -0.4 is 20.7 Å². The first-order valence-electron chi connectivity index (χ1n) is 9.92. The molecule has 0 aromatic heterocycles. The van der Waals surface area contributed by atoms with Gasteiger partial charge in [-0.25, -0.2) is 14.4 Å². The Balaban J connectivity index is 2.63. The molecule has 33 heavy (non-hydrogen) atoms. The molecule has 1 aromatic carbocycles. The van der Waals surface area contributed by atoms with Crippen LogP contribution in [0.4, 0.5) is 9.59 Å². The van der Waals surface area contributed by atoms with Gasteiger partial charge in [-0.1, -0.05) is 0 Å². The van der Waals surface area contributed by atoms with Crippen molar-refractivity contribution in [1.82, 2.24) is 16.0 Å². The molecule has 1 atom stereocenters. The Kier molecular flexibility index (Phi) is 11.2. The minimum Gasteiger partial charge on any atom is -0.461 e. The van der Waals surface area contributed by atoms with Gasteiger partial charge in [0.15, 0.2) is 0 Å². The summed E-state index contributed by atoms with van der Waals surface area (Å²) >= 11 is 0. The molecule has 1 rings (SSSR count). The van der Waals surface area contributed by atoms with E-state index in [1.54, 1.807) is 26.0 Å². The molecule has 182 valence electrons. The van der Waals surface area contributed by atoms with Crippen LogP contribution >= 0.6 is 0 Å². The molecule has 1 aromatic rings. The highest BCUT2D eigenvalue weighted by Crippen LogP contribution is 2.25. The van der Waals surface area contributed by atoms with Crippen molar-refractivity contribution in [2.75, 3.05) is 27.3 Å². The molecule has 0 aliphatic carbocycles. The van der Waals surface area contributed by atoms with Crippen molar-refractivity contribution >= 4 is 30.0 Å². The van der Waals surface area contributed by atoms with E-state index in [4.69, 9.17) is 9.47 Å². The van der Waals surface area contributed by atoms with Gasteiger partial charge in [-0.05, 0) is 42.7 Å². The van der Waals surface area contributed by atoms with E-state index in [1.165, 1.54) is 14.0 Å². The second kappa shape index (κ2) is 13.6. The van der Waals surface area contributed by atoms with Gasteiger partial charge in [-0.3, -0.25) is 9.59 Å². The van der Waals surface area contributed by atoms with E-state index < -0.39 is 42.6 Å². The zero-order chi connectivity index (χ0) is 25.0. The van der Waals surface area contributed by atoms with Gasteiger partial charge >= 0.3 is 24.1 Å². The lowest BCUT2D eigenvalue weighted by atomic mass is 10.1. The van der Waals surface area contributed by atoms with Gasteiger partial charge in [0, 0.05) is 19.9 Å². The topological polar surface area (TPSA) is 158 Å². The predicted molar refractivity (Wildman–Crippen MR) is 114 cm³/mol. The fourth-order valence-corrected chi connectivity index (χ4v) is 2.76. The van der Waals surface area contributed by atoms with Crippen molar-refractivity contribution < 1.29 is 42.9 Å². The van der Waals surface area contributed by atoms with Crippen molar-refractivity contribution in [3.63, 3.8) is 0 Å². The molecule has 12 heteroatoms. The minimum absolute atomic E-state index is 0.0995. The Hall–Kier alpha value is -3.83. The largest absolute Gasteiger partial charge is 0.461 e. The maximum Gasteiger partial charge on any atom is 0.407 e. The Morgan fingerprint density at radius 2 is 1.55 bits per heavy atom. The van der Waals surface area contributed by atoms with E-state index in [9.17, 15) is 24.0 Å². The number of hydrogen-bond donors (Lipinski definition) is 3. The van der Waals surface area contributed by atoms with E-state index in [1.807, 2.05) is 0 Å². The minimum atomic E-state index is -0.804. The highest BCUT2D eigenvalue weighted by molar-refractivity contribution is 5.84. The second-order valence-electron chi connectivity index (χ2n) is 7.00. The molecule has 1 unspecified atom stereocenters. The van der Waals surface area contributed by atoms with E-state index in [0.717, 1.165) is 12.7 Å². The van der Waals surface area contributed by atoms with Crippen LogP contribution in [0.2, 0.25) is 0 Å². The number of nitrogens with one attached hydrogen (secondary N) is 3. The lowest BCUT2D eigenvalue weighted by Gasteiger charge is -2.18. The lowest BCUT2D eigenvalue weighted by Crippen LogP contribution is -2.46. The quantitative estimate of drug-likeness (QED) is 0.258. The fraction of sp³-hybridized carbons (Fsp3) is 0.476. The van der Waals surface area contributed by atoms with Gasteiger partial charge < -0.3 is 34.9 Å². The molecule has 0 bridgehead atoms. The number of esters is 2. The standard InChI is InChI=1S/C21H29N3O9/c1-12-6-15(11-32-14(3)25)7-13(2)19(12)33-18(27)10-22-17(26)8-16(24-21(29)31-5)9-23-20(28)30-4/h6-7,16H,8-11H2,1-5H3,(H,22,26)(H,23,28)(H,24,29). The van der Waals surface area contributed by atoms with Gasteiger partial charge in [-0.2, -0.15) is 0 Å². The van der Waals surface area contributed by atoms with Crippen molar-refractivity contribution in [2.24, 2.45) is 0 Å². The summed E-state index contributed by atoms with van der Waals surface area (Å²) in [5, 5.41) is 7.17. The number of ether oxygens (including phenoxy) is 4. The molecular weight excluding hydrogens is 438 g/mol. The highest BCUT2D eigenvalue weighted by atomic mass is 16.5. The molecule has 3 amide bonds. The van der Waals surface area contributed by atoms with E-state index in [2.05, 4.69) is 25.4 Å². The molecule has 0 saturated carbocycles. The monoisotopic (exact) mass is 467 g/mol. The van der Waals surface area contributed by atoms with E-state index in [-0.39, 0.29) is 19.6 Å². The molecule has 0 fully saturated rings. The summed E-state index contributed by atoms with van der Waals surface area (Å²) in [6, 6.07) is 2.66. The Labute approximate surface area is 191 Å². The molecule has 0 radical (unpaired) electrons. The smallest absolute Gasteiger partial charge is 0.407 e. The highest BCUT2D eigenvalue weighted by Gasteiger charge is 2.19. The normalized spacial score (nSPS) is 10.9. The third-order valence-corrected chi connectivity index (χ3v) is 4.23. The number of benzene rings is 1. The third kappa shape index (κ3) is 10.4. The molecule has 0 saturated heterocycles. The number of carbonyl (C=O) groups is 5. The number of hydrogen-bond acceptors (Lipinski definition) is 9. The first-order chi connectivity index (χ1) is 15.5. The van der Waals surface area contributed by atoms with Crippen molar-refractivity contribution in [2.45, 2.75) is 39.8 Å². The van der Waals surface area contributed by atoms with E-state index >= 15 is 0 Å². The maximum absolute atomic E-state index is 12.2. The van der Waals surface area contributed by atoms with Crippen LogP contribution in [0.1, 0.15) is 30.0 Å². The molecule has 0 heterocycles. The number of rotatable bonds is 10. The van der Waals surface area contributed by atoms with Crippen molar-refractivity contribution in [3.8, 4) is 5.75 Å². The lowest BCUT2D eigenvalue weighted by molar-refractivity contribution is -0.142. The zero-order valence-corrected chi connectivity index (χ0v) is 19.2. The van der Waals surface area contributed by atoms with Gasteiger partial charge in [-0.15, -0.1) is 0 Å². The molecular formula is C21H29N3O9. The van der Waals surface area contributed by atoms with Crippen molar-refractivity contribution in [1.29, 1.82) is 0 Å². The van der Waals surface area contributed by atoms with Gasteiger partial charge in [0.05, 0.1) is 20.3 Å². The summed E-state index contributed by atoms with van der Waals surface area (Å²) in [6.07, 6.45) is -1.77.